The smallest absolute Gasteiger partial charge is 0.210 e. The second kappa shape index (κ2) is 4.47. The second-order valence-corrected chi connectivity index (χ2v) is 5.99. The molecule has 3 N–H and O–H groups in total. The van der Waals surface area contributed by atoms with Gasteiger partial charge in [-0.2, -0.15) is 0 Å². The highest BCUT2D eigenvalue weighted by Crippen LogP contribution is 2.33. The van der Waals surface area contributed by atoms with Crippen LogP contribution in [0.1, 0.15) is 5.56 Å². The molecule has 19 heavy (non-hydrogen) atoms. The molecule has 0 amide bonds. The van der Waals surface area contributed by atoms with E-state index in [2.05, 4.69) is 0 Å². The molecule has 0 atom stereocenters. The van der Waals surface area contributed by atoms with Crippen LogP contribution in [0.4, 0.5) is 0 Å². The standard InChI is InChI=1S/C13H12O5S/c1-8-6-9(14)2-4-12(8)19(17,18)13-5-3-10(15)7-11(13)16/h2-7,14-16H,1H3. The molecule has 6 heteroatoms. The average molecular weight is 280 g/mol. The van der Waals surface area contributed by atoms with E-state index in [1.54, 1.807) is 6.92 Å². The summed E-state index contributed by atoms with van der Waals surface area (Å²) >= 11 is 0. The molecule has 0 aromatic heterocycles. The maximum atomic E-state index is 12.4. The first-order chi connectivity index (χ1) is 8.82. The molecule has 0 fully saturated rings. The van der Waals surface area contributed by atoms with Gasteiger partial charge in [0.2, 0.25) is 9.84 Å². The van der Waals surface area contributed by atoms with Crippen molar-refractivity contribution < 1.29 is 23.7 Å². The van der Waals surface area contributed by atoms with E-state index in [1.165, 1.54) is 24.3 Å². The lowest BCUT2D eigenvalue weighted by Crippen LogP contribution is -2.04. The highest BCUT2D eigenvalue weighted by molar-refractivity contribution is 7.91. The summed E-state index contributed by atoms with van der Waals surface area (Å²) in [6.45, 7) is 1.55. The van der Waals surface area contributed by atoms with Crippen LogP contribution < -0.4 is 0 Å². The van der Waals surface area contributed by atoms with E-state index < -0.39 is 15.6 Å². The van der Waals surface area contributed by atoms with Gasteiger partial charge in [-0.25, -0.2) is 8.42 Å². The number of hydrogen-bond donors (Lipinski definition) is 3. The number of sulfone groups is 1. The molecule has 0 spiro atoms. The van der Waals surface area contributed by atoms with Crippen LogP contribution in [0.5, 0.6) is 17.2 Å². The SMILES string of the molecule is Cc1cc(O)ccc1S(=O)(=O)c1ccc(O)cc1O. The summed E-state index contributed by atoms with van der Waals surface area (Å²) in [5, 5.41) is 28.1. The number of hydrogen-bond acceptors (Lipinski definition) is 5. The summed E-state index contributed by atoms with van der Waals surface area (Å²) in [6.07, 6.45) is 0. The lowest BCUT2D eigenvalue weighted by atomic mass is 10.2. The summed E-state index contributed by atoms with van der Waals surface area (Å²) < 4.78 is 24.7. The molecule has 100 valence electrons. The zero-order valence-electron chi connectivity index (χ0n) is 10.0. The number of rotatable bonds is 2. The Morgan fingerprint density at radius 2 is 1.37 bits per heavy atom. The molecule has 0 bridgehead atoms. The number of aromatic hydroxyl groups is 3. The predicted molar refractivity (Wildman–Crippen MR) is 68.1 cm³/mol. The number of aryl methyl sites for hydroxylation is 1. The molecule has 2 aromatic carbocycles. The fourth-order valence-electron chi connectivity index (χ4n) is 1.79. The van der Waals surface area contributed by atoms with E-state index in [0.29, 0.717) is 5.56 Å². The molecule has 0 heterocycles. The van der Waals surface area contributed by atoms with Gasteiger partial charge < -0.3 is 15.3 Å². The van der Waals surface area contributed by atoms with E-state index in [4.69, 9.17) is 0 Å². The van der Waals surface area contributed by atoms with E-state index in [0.717, 1.165) is 12.1 Å². The molecule has 0 aliphatic heterocycles. The Bertz CT molecular complexity index is 677. The quantitative estimate of drug-likeness (QED) is 0.781. The predicted octanol–water partition coefficient (Wildman–Crippen LogP) is 1.94. The zero-order chi connectivity index (χ0) is 14.2. The summed E-state index contributed by atoms with van der Waals surface area (Å²) in [5.74, 6) is -0.780. The van der Waals surface area contributed by atoms with Crippen molar-refractivity contribution in [2.24, 2.45) is 0 Å². The summed E-state index contributed by atoms with van der Waals surface area (Å²) in [7, 11) is -3.91. The van der Waals surface area contributed by atoms with Gasteiger partial charge in [0.15, 0.2) is 0 Å². The van der Waals surface area contributed by atoms with Crippen LogP contribution in [-0.4, -0.2) is 23.7 Å². The van der Waals surface area contributed by atoms with Crippen molar-refractivity contribution in [2.75, 3.05) is 0 Å². The summed E-state index contributed by atoms with van der Waals surface area (Å²) in [5.41, 5.74) is 0.368. The van der Waals surface area contributed by atoms with Gasteiger partial charge >= 0.3 is 0 Å². The topological polar surface area (TPSA) is 94.8 Å². The Hall–Kier alpha value is -2.21. The van der Waals surface area contributed by atoms with Gasteiger partial charge in [-0.1, -0.05) is 0 Å². The normalized spacial score (nSPS) is 11.4. The van der Waals surface area contributed by atoms with E-state index in [-0.39, 0.29) is 21.3 Å². The van der Waals surface area contributed by atoms with Crippen LogP contribution in [0.3, 0.4) is 0 Å². The Labute approximate surface area is 110 Å². The Balaban J connectivity index is 2.65. The van der Waals surface area contributed by atoms with Crippen molar-refractivity contribution >= 4 is 9.84 Å². The first kappa shape index (κ1) is 13.2. The first-order valence-electron chi connectivity index (χ1n) is 5.39. The van der Waals surface area contributed by atoms with Gasteiger partial charge in [-0.05, 0) is 42.8 Å². The highest BCUT2D eigenvalue weighted by Gasteiger charge is 2.23. The molecular formula is C13H12O5S. The van der Waals surface area contributed by atoms with Gasteiger partial charge in [0.1, 0.15) is 22.1 Å². The molecule has 0 aliphatic carbocycles. The number of phenolic OH excluding ortho intramolecular Hbond substituents is 3. The molecule has 0 radical (unpaired) electrons. The van der Waals surface area contributed by atoms with Crippen LogP contribution >= 0.6 is 0 Å². The third-order valence-electron chi connectivity index (χ3n) is 2.68. The van der Waals surface area contributed by atoms with E-state index in [9.17, 15) is 23.7 Å². The zero-order valence-corrected chi connectivity index (χ0v) is 10.8. The minimum atomic E-state index is -3.91. The third kappa shape index (κ3) is 2.34. The Morgan fingerprint density at radius 1 is 0.842 bits per heavy atom. The second-order valence-electron chi connectivity index (χ2n) is 4.11. The van der Waals surface area contributed by atoms with Crippen LogP contribution in [-0.2, 0) is 9.84 Å². The summed E-state index contributed by atoms with van der Waals surface area (Å²) in [6, 6.07) is 7.13. The fraction of sp³-hybridized carbons (Fsp3) is 0.0769. The van der Waals surface area contributed by atoms with Gasteiger partial charge in [0.05, 0.1) is 4.90 Å². The van der Waals surface area contributed by atoms with Crippen LogP contribution in [0, 0.1) is 6.92 Å². The van der Waals surface area contributed by atoms with Gasteiger partial charge in [0, 0.05) is 6.07 Å². The van der Waals surface area contributed by atoms with Crippen molar-refractivity contribution in [2.45, 2.75) is 16.7 Å². The molecule has 0 saturated carbocycles. The van der Waals surface area contributed by atoms with Crippen molar-refractivity contribution in [3.05, 3.63) is 42.0 Å². The maximum absolute atomic E-state index is 12.4. The van der Waals surface area contributed by atoms with Gasteiger partial charge in [-0.15, -0.1) is 0 Å². The minimum absolute atomic E-state index is 0.00807. The first-order valence-corrected chi connectivity index (χ1v) is 6.87. The van der Waals surface area contributed by atoms with Crippen molar-refractivity contribution in [1.29, 1.82) is 0 Å². The average Bonchev–Trinajstić information content (AvgIpc) is 2.27. The maximum Gasteiger partial charge on any atom is 0.210 e. The molecule has 2 rings (SSSR count). The van der Waals surface area contributed by atoms with Crippen molar-refractivity contribution in [3.63, 3.8) is 0 Å². The molecule has 0 aliphatic rings. The van der Waals surface area contributed by atoms with Crippen LogP contribution in [0.2, 0.25) is 0 Å². The molecule has 2 aromatic rings. The monoisotopic (exact) mass is 280 g/mol. The van der Waals surface area contributed by atoms with E-state index in [1.807, 2.05) is 0 Å². The highest BCUT2D eigenvalue weighted by atomic mass is 32.2. The molecular weight excluding hydrogens is 268 g/mol. The van der Waals surface area contributed by atoms with E-state index >= 15 is 0 Å². The Morgan fingerprint density at radius 3 is 1.89 bits per heavy atom. The lowest BCUT2D eigenvalue weighted by molar-refractivity contribution is 0.439. The van der Waals surface area contributed by atoms with Gasteiger partial charge in [-0.3, -0.25) is 0 Å². The van der Waals surface area contributed by atoms with Crippen LogP contribution in [0.15, 0.2) is 46.2 Å². The largest absolute Gasteiger partial charge is 0.508 e. The Kier molecular flexibility index (Phi) is 3.11. The molecule has 0 saturated heterocycles. The fourth-order valence-corrected chi connectivity index (χ4v) is 3.33. The minimum Gasteiger partial charge on any atom is -0.508 e. The van der Waals surface area contributed by atoms with Crippen molar-refractivity contribution in [3.8, 4) is 17.2 Å². The van der Waals surface area contributed by atoms with Crippen LogP contribution in [0.25, 0.3) is 0 Å². The van der Waals surface area contributed by atoms with Crippen molar-refractivity contribution in [1.82, 2.24) is 0 Å². The third-order valence-corrected chi connectivity index (χ3v) is 4.64. The number of benzene rings is 2. The van der Waals surface area contributed by atoms with Gasteiger partial charge in [0.25, 0.3) is 0 Å². The lowest BCUT2D eigenvalue weighted by Gasteiger charge is -2.09. The molecule has 0 unspecified atom stereocenters. The molecule has 5 nitrogen and oxygen atoms in total. The number of phenols is 3. The summed E-state index contributed by atoms with van der Waals surface area (Å²) in [4.78, 5) is -0.301.